The first-order valence-corrected chi connectivity index (χ1v) is 7.31. The molecule has 21 heavy (non-hydrogen) atoms. The third kappa shape index (κ3) is 8.83. The molecule has 1 aliphatic heterocycles. The van der Waals surface area contributed by atoms with E-state index in [9.17, 15) is 13.6 Å². The lowest BCUT2D eigenvalue weighted by atomic mass is 10.0. The summed E-state index contributed by atoms with van der Waals surface area (Å²) in [6.45, 7) is 5.70. The Balaban J connectivity index is 2.18. The number of nitrogens with one attached hydrogen (secondary N) is 2. The molecule has 0 aliphatic carbocycles. The second kappa shape index (κ2) is 7.89. The van der Waals surface area contributed by atoms with Crippen molar-refractivity contribution < 1.29 is 23.0 Å². The lowest BCUT2D eigenvalue weighted by Crippen LogP contribution is -2.45. The molecule has 2 N–H and O–H groups in total. The zero-order valence-electron chi connectivity index (χ0n) is 13.0. The molecule has 0 saturated carbocycles. The van der Waals surface area contributed by atoms with Gasteiger partial charge in [-0.15, -0.1) is 0 Å². The molecule has 1 aliphatic rings. The second-order valence-corrected chi connectivity index (χ2v) is 6.43. The summed E-state index contributed by atoms with van der Waals surface area (Å²) in [5, 5.41) is 4.84. The fraction of sp³-hybridized carbons (Fsp3) is 0.929. The van der Waals surface area contributed by atoms with Crippen molar-refractivity contribution in [3.63, 3.8) is 0 Å². The van der Waals surface area contributed by atoms with Gasteiger partial charge >= 0.3 is 6.09 Å². The number of carbonyl (C=O) groups excluding carboxylic acids is 1. The van der Waals surface area contributed by atoms with Crippen LogP contribution in [0, 0.1) is 5.92 Å². The molecule has 0 aromatic rings. The molecule has 1 fully saturated rings. The molecule has 1 heterocycles. The van der Waals surface area contributed by atoms with Crippen molar-refractivity contribution in [1.82, 2.24) is 10.6 Å². The molecule has 1 saturated heterocycles. The van der Waals surface area contributed by atoms with E-state index in [1.165, 1.54) is 0 Å². The van der Waals surface area contributed by atoms with Crippen LogP contribution in [0.4, 0.5) is 13.6 Å². The molecule has 0 aromatic heterocycles. The molecule has 1 unspecified atom stereocenters. The molecule has 124 valence electrons. The van der Waals surface area contributed by atoms with Crippen LogP contribution in [-0.2, 0) is 9.47 Å². The van der Waals surface area contributed by atoms with Gasteiger partial charge in [0.1, 0.15) is 5.60 Å². The van der Waals surface area contributed by atoms with Gasteiger partial charge in [-0.05, 0) is 39.5 Å². The van der Waals surface area contributed by atoms with E-state index in [0.29, 0.717) is 13.2 Å². The second-order valence-electron chi connectivity index (χ2n) is 6.43. The number of hydrogen-bond donors (Lipinski definition) is 2. The van der Waals surface area contributed by atoms with Gasteiger partial charge in [0, 0.05) is 13.2 Å². The molecule has 0 radical (unpaired) electrons. The van der Waals surface area contributed by atoms with Crippen LogP contribution in [0.15, 0.2) is 0 Å². The van der Waals surface area contributed by atoms with Crippen LogP contribution < -0.4 is 10.6 Å². The lowest BCUT2D eigenvalue weighted by Gasteiger charge is -2.24. The summed E-state index contributed by atoms with van der Waals surface area (Å²) in [6.07, 6.45) is 1.14. The Hall–Kier alpha value is -0.950. The quantitative estimate of drug-likeness (QED) is 0.789. The van der Waals surface area contributed by atoms with E-state index in [0.717, 1.165) is 19.4 Å². The first-order valence-electron chi connectivity index (χ1n) is 7.31. The highest BCUT2D eigenvalue weighted by Gasteiger charge is 2.30. The number of alkyl halides is 2. The normalized spacial score (nSPS) is 20.1. The number of halogens is 2. The first kappa shape index (κ1) is 18.1. The number of rotatable bonds is 6. The van der Waals surface area contributed by atoms with E-state index in [1.807, 2.05) is 0 Å². The summed E-state index contributed by atoms with van der Waals surface area (Å²) in [5.41, 5.74) is -0.696. The summed E-state index contributed by atoms with van der Waals surface area (Å²) in [6, 6.07) is 0. The van der Waals surface area contributed by atoms with Crippen molar-refractivity contribution in [2.45, 2.75) is 45.1 Å². The summed E-state index contributed by atoms with van der Waals surface area (Å²) in [4.78, 5) is 11.3. The number of carbonyl (C=O) groups is 1. The maximum atomic E-state index is 13.6. The summed E-state index contributed by atoms with van der Waals surface area (Å²) in [7, 11) is 0. The topological polar surface area (TPSA) is 59.6 Å². The number of hydrogen-bond acceptors (Lipinski definition) is 4. The van der Waals surface area contributed by atoms with E-state index >= 15 is 0 Å². The Kier molecular flexibility index (Phi) is 6.80. The van der Waals surface area contributed by atoms with E-state index in [1.54, 1.807) is 20.8 Å². The third-order valence-corrected chi connectivity index (χ3v) is 2.96. The highest BCUT2D eigenvalue weighted by atomic mass is 19.3. The van der Waals surface area contributed by atoms with Gasteiger partial charge in [-0.25, -0.2) is 13.6 Å². The van der Waals surface area contributed by atoms with Crippen molar-refractivity contribution in [1.29, 1.82) is 0 Å². The lowest BCUT2D eigenvalue weighted by molar-refractivity contribution is -0.00666. The highest BCUT2D eigenvalue weighted by molar-refractivity contribution is 5.67. The van der Waals surface area contributed by atoms with E-state index in [2.05, 4.69) is 10.6 Å². The predicted molar refractivity (Wildman–Crippen MR) is 75.6 cm³/mol. The van der Waals surface area contributed by atoms with Gasteiger partial charge in [0.05, 0.1) is 19.7 Å². The van der Waals surface area contributed by atoms with Crippen LogP contribution in [0.3, 0.4) is 0 Å². The summed E-state index contributed by atoms with van der Waals surface area (Å²) >= 11 is 0. The summed E-state index contributed by atoms with van der Waals surface area (Å²) in [5.74, 6) is -2.72. The van der Waals surface area contributed by atoms with Crippen LogP contribution in [0.5, 0.6) is 0 Å². The van der Waals surface area contributed by atoms with Gasteiger partial charge < -0.3 is 20.1 Å². The highest BCUT2D eigenvalue weighted by Crippen LogP contribution is 2.14. The Morgan fingerprint density at radius 3 is 2.62 bits per heavy atom. The molecule has 1 rings (SSSR count). The Labute approximate surface area is 124 Å². The maximum absolute atomic E-state index is 13.6. The molecule has 1 amide bonds. The zero-order chi connectivity index (χ0) is 15.9. The molecule has 0 aromatic carbocycles. The number of amides is 1. The maximum Gasteiger partial charge on any atom is 0.407 e. The standard InChI is InChI=1S/C14H26F2N2O3/c1-13(2,3)21-12(19)18-10-14(15,16)9-17-7-11-5-4-6-20-8-11/h11,17H,4-10H2,1-3H3,(H,18,19). The zero-order valence-corrected chi connectivity index (χ0v) is 13.0. The Morgan fingerprint density at radius 2 is 2.05 bits per heavy atom. The van der Waals surface area contributed by atoms with Gasteiger partial charge in [0.25, 0.3) is 5.92 Å². The molecule has 7 heteroatoms. The molecule has 1 atom stereocenters. The minimum atomic E-state index is -3.01. The van der Waals surface area contributed by atoms with Crippen LogP contribution in [0.25, 0.3) is 0 Å². The minimum absolute atomic E-state index is 0.286. The largest absolute Gasteiger partial charge is 0.444 e. The van der Waals surface area contributed by atoms with Gasteiger partial charge in [-0.2, -0.15) is 0 Å². The molecular weight excluding hydrogens is 282 g/mol. The van der Waals surface area contributed by atoms with Crippen LogP contribution in [0.1, 0.15) is 33.6 Å². The van der Waals surface area contributed by atoms with Crippen molar-refractivity contribution in [3.05, 3.63) is 0 Å². The van der Waals surface area contributed by atoms with Crippen LogP contribution in [-0.4, -0.2) is 50.5 Å². The van der Waals surface area contributed by atoms with Gasteiger partial charge in [0.15, 0.2) is 0 Å². The number of ether oxygens (including phenoxy) is 2. The Morgan fingerprint density at radius 1 is 1.33 bits per heavy atom. The van der Waals surface area contributed by atoms with Crippen molar-refractivity contribution >= 4 is 6.09 Å². The Bertz CT molecular complexity index is 327. The number of alkyl carbamates (subject to hydrolysis) is 1. The van der Waals surface area contributed by atoms with Crippen molar-refractivity contribution in [2.75, 3.05) is 32.8 Å². The van der Waals surface area contributed by atoms with Crippen LogP contribution >= 0.6 is 0 Å². The monoisotopic (exact) mass is 308 g/mol. The molecule has 0 spiro atoms. The molecular formula is C14H26F2N2O3. The van der Waals surface area contributed by atoms with Gasteiger partial charge in [0.2, 0.25) is 0 Å². The van der Waals surface area contributed by atoms with E-state index < -0.39 is 30.7 Å². The van der Waals surface area contributed by atoms with Crippen LogP contribution in [0.2, 0.25) is 0 Å². The fourth-order valence-electron chi connectivity index (χ4n) is 2.01. The van der Waals surface area contributed by atoms with Crippen molar-refractivity contribution in [2.24, 2.45) is 5.92 Å². The first-order chi connectivity index (χ1) is 9.68. The van der Waals surface area contributed by atoms with E-state index in [-0.39, 0.29) is 5.92 Å². The molecule has 0 bridgehead atoms. The molecule has 5 nitrogen and oxygen atoms in total. The average molecular weight is 308 g/mol. The van der Waals surface area contributed by atoms with Gasteiger partial charge in [-0.3, -0.25) is 0 Å². The van der Waals surface area contributed by atoms with E-state index in [4.69, 9.17) is 9.47 Å². The predicted octanol–water partition coefficient (Wildman–Crippen LogP) is 2.16. The third-order valence-electron chi connectivity index (χ3n) is 2.96. The minimum Gasteiger partial charge on any atom is -0.444 e. The average Bonchev–Trinajstić information content (AvgIpc) is 2.36. The fourth-order valence-corrected chi connectivity index (χ4v) is 2.01. The SMILES string of the molecule is CC(C)(C)OC(=O)NCC(F)(F)CNCC1CCCOC1. The van der Waals surface area contributed by atoms with Gasteiger partial charge in [-0.1, -0.05) is 0 Å². The van der Waals surface area contributed by atoms with Crippen molar-refractivity contribution in [3.8, 4) is 0 Å². The smallest absolute Gasteiger partial charge is 0.407 e. The summed E-state index contributed by atoms with van der Waals surface area (Å²) < 4.78 is 37.4.